The maximum atomic E-state index is 11.3. The second kappa shape index (κ2) is 2.32. The summed E-state index contributed by atoms with van der Waals surface area (Å²) in [6.07, 6.45) is 0. The van der Waals surface area contributed by atoms with Crippen molar-refractivity contribution in [3.05, 3.63) is 0 Å². The van der Waals surface area contributed by atoms with Crippen molar-refractivity contribution >= 4 is 5.78 Å². The summed E-state index contributed by atoms with van der Waals surface area (Å²) < 4.78 is 5.25. The lowest BCUT2D eigenvalue weighted by Crippen LogP contribution is -2.51. The molecular formula is C7H11NO2. The van der Waals surface area contributed by atoms with E-state index in [1.54, 1.807) is 0 Å². The maximum absolute atomic E-state index is 11.3. The Bertz CT molecular complexity index is 134. The number of ketones is 1. The normalized spacial score (nSPS) is 39.8. The third kappa shape index (κ3) is 0.859. The van der Waals surface area contributed by atoms with Gasteiger partial charge >= 0.3 is 0 Å². The second-order valence-corrected chi connectivity index (χ2v) is 2.99. The van der Waals surface area contributed by atoms with Crippen molar-refractivity contribution in [2.24, 2.45) is 11.8 Å². The molecule has 0 aliphatic carbocycles. The van der Waals surface area contributed by atoms with Crippen LogP contribution < -0.4 is 5.32 Å². The number of nitrogens with one attached hydrogen (secondary N) is 1. The Morgan fingerprint density at radius 1 is 1.30 bits per heavy atom. The molecule has 0 saturated carbocycles. The molecule has 0 aromatic rings. The van der Waals surface area contributed by atoms with Crippen LogP contribution >= 0.6 is 0 Å². The van der Waals surface area contributed by atoms with E-state index in [9.17, 15) is 4.79 Å². The molecule has 2 atom stereocenters. The van der Waals surface area contributed by atoms with E-state index in [0.29, 0.717) is 19.0 Å². The van der Waals surface area contributed by atoms with E-state index in [1.165, 1.54) is 0 Å². The van der Waals surface area contributed by atoms with E-state index in [2.05, 4.69) is 5.32 Å². The highest BCUT2D eigenvalue weighted by Crippen LogP contribution is 2.17. The molecule has 2 rings (SSSR count). The molecule has 3 nitrogen and oxygen atoms in total. The zero-order valence-corrected chi connectivity index (χ0v) is 5.80. The van der Waals surface area contributed by atoms with Crippen LogP contribution in [0.4, 0.5) is 0 Å². The molecule has 0 amide bonds. The van der Waals surface area contributed by atoms with Crippen LogP contribution in [0.15, 0.2) is 0 Å². The minimum atomic E-state index is 0.146. The van der Waals surface area contributed by atoms with Crippen LogP contribution in [0.2, 0.25) is 0 Å². The predicted molar refractivity (Wildman–Crippen MR) is 35.7 cm³/mol. The van der Waals surface area contributed by atoms with Crippen molar-refractivity contribution in [1.29, 1.82) is 0 Å². The minimum absolute atomic E-state index is 0.146. The van der Waals surface area contributed by atoms with Crippen molar-refractivity contribution in [3.63, 3.8) is 0 Å². The fourth-order valence-corrected chi connectivity index (χ4v) is 1.60. The summed E-state index contributed by atoms with van der Waals surface area (Å²) >= 11 is 0. The average molecular weight is 141 g/mol. The molecule has 3 heteroatoms. The lowest BCUT2D eigenvalue weighted by atomic mass is 9.88. The largest absolute Gasteiger partial charge is 0.380 e. The smallest absolute Gasteiger partial charge is 0.146 e. The summed E-state index contributed by atoms with van der Waals surface area (Å²) in [5, 5.41) is 3.22. The predicted octanol–water partition coefficient (Wildman–Crippen LogP) is -0.579. The first-order valence-electron chi connectivity index (χ1n) is 3.70. The first kappa shape index (κ1) is 6.31. The van der Waals surface area contributed by atoms with E-state index in [1.807, 2.05) is 0 Å². The number of carbonyl (C=O) groups excluding carboxylic acids is 1. The van der Waals surface area contributed by atoms with E-state index in [0.717, 1.165) is 13.1 Å². The van der Waals surface area contributed by atoms with Gasteiger partial charge in [0.15, 0.2) is 0 Å². The molecule has 2 heterocycles. The molecule has 2 aliphatic heterocycles. The number of hydrogen-bond acceptors (Lipinski definition) is 3. The van der Waals surface area contributed by atoms with Gasteiger partial charge in [-0.3, -0.25) is 4.79 Å². The molecule has 0 radical (unpaired) electrons. The van der Waals surface area contributed by atoms with Gasteiger partial charge in [0.2, 0.25) is 0 Å². The molecule has 0 unspecified atom stereocenters. The molecule has 1 N–H and O–H groups in total. The number of rotatable bonds is 0. The topological polar surface area (TPSA) is 38.3 Å². The number of fused-ring (bicyclic) bond motifs is 2. The van der Waals surface area contributed by atoms with E-state index in [-0.39, 0.29) is 11.8 Å². The zero-order chi connectivity index (χ0) is 6.97. The Hall–Kier alpha value is -0.410. The molecule has 2 bridgehead atoms. The summed E-state index contributed by atoms with van der Waals surface area (Å²) in [6.45, 7) is 2.88. The number of piperidine rings is 1. The average Bonchev–Trinajstić information content (AvgIpc) is 1.86. The van der Waals surface area contributed by atoms with Crippen LogP contribution in [-0.4, -0.2) is 32.1 Å². The van der Waals surface area contributed by atoms with Crippen LogP contribution in [0.3, 0.4) is 0 Å². The van der Waals surface area contributed by atoms with Crippen molar-refractivity contribution in [1.82, 2.24) is 5.32 Å². The summed E-state index contributed by atoms with van der Waals surface area (Å²) in [7, 11) is 0. The van der Waals surface area contributed by atoms with Gasteiger partial charge in [-0.05, 0) is 0 Å². The van der Waals surface area contributed by atoms with E-state index in [4.69, 9.17) is 4.74 Å². The highest BCUT2D eigenvalue weighted by molar-refractivity contribution is 5.85. The number of Topliss-reactive ketones (excluding diaryl/α,β-unsaturated/α-hetero) is 1. The van der Waals surface area contributed by atoms with Crippen LogP contribution in [0, 0.1) is 11.8 Å². The highest BCUT2D eigenvalue weighted by Gasteiger charge is 2.34. The van der Waals surface area contributed by atoms with Crippen LogP contribution in [0.5, 0.6) is 0 Å². The SMILES string of the molecule is O=C1[C@@H]2CNC[C@@H]1COC2. The minimum Gasteiger partial charge on any atom is -0.380 e. The van der Waals surface area contributed by atoms with Gasteiger partial charge in [-0.15, -0.1) is 0 Å². The molecule has 10 heavy (non-hydrogen) atoms. The van der Waals surface area contributed by atoms with Gasteiger partial charge in [-0.25, -0.2) is 0 Å². The fraction of sp³-hybridized carbons (Fsp3) is 0.857. The molecule has 2 saturated heterocycles. The van der Waals surface area contributed by atoms with Gasteiger partial charge in [0.05, 0.1) is 25.0 Å². The Labute approximate surface area is 59.7 Å². The van der Waals surface area contributed by atoms with Gasteiger partial charge in [0, 0.05) is 13.1 Å². The van der Waals surface area contributed by atoms with Crippen molar-refractivity contribution in [2.45, 2.75) is 0 Å². The van der Waals surface area contributed by atoms with Gasteiger partial charge in [-0.1, -0.05) is 0 Å². The number of carbonyl (C=O) groups is 1. The summed E-state index contributed by atoms with van der Waals surface area (Å²) in [6, 6.07) is 0. The molecule has 2 aliphatic rings. The Morgan fingerprint density at radius 3 is 2.40 bits per heavy atom. The van der Waals surface area contributed by atoms with Gasteiger partial charge in [0.25, 0.3) is 0 Å². The summed E-state index contributed by atoms with van der Waals surface area (Å²) in [5.74, 6) is 0.699. The van der Waals surface area contributed by atoms with Gasteiger partial charge in [-0.2, -0.15) is 0 Å². The van der Waals surface area contributed by atoms with Gasteiger partial charge < -0.3 is 10.1 Å². The van der Waals surface area contributed by atoms with Crippen LogP contribution in [-0.2, 0) is 9.53 Å². The van der Waals surface area contributed by atoms with E-state index >= 15 is 0 Å². The second-order valence-electron chi connectivity index (χ2n) is 2.99. The number of hydrogen-bond donors (Lipinski definition) is 1. The standard InChI is InChI=1S/C7H11NO2/c9-7-5-1-8-2-6(7)4-10-3-5/h5-6,8H,1-4H2/t5-,6-/m1/s1. The zero-order valence-electron chi connectivity index (χ0n) is 5.80. The first-order chi connectivity index (χ1) is 4.88. The van der Waals surface area contributed by atoms with Gasteiger partial charge in [0.1, 0.15) is 5.78 Å². The summed E-state index contributed by atoms with van der Waals surface area (Å²) in [4.78, 5) is 11.3. The Kier molecular flexibility index (Phi) is 1.47. The Balaban J connectivity index is 2.12. The molecule has 0 aromatic heterocycles. The lowest BCUT2D eigenvalue weighted by molar-refractivity contribution is -0.139. The quantitative estimate of drug-likeness (QED) is 0.490. The van der Waals surface area contributed by atoms with Crippen LogP contribution in [0.1, 0.15) is 0 Å². The first-order valence-corrected chi connectivity index (χ1v) is 3.70. The third-order valence-corrected chi connectivity index (χ3v) is 2.22. The van der Waals surface area contributed by atoms with E-state index < -0.39 is 0 Å². The lowest BCUT2D eigenvalue weighted by Gasteiger charge is -2.33. The third-order valence-electron chi connectivity index (χ3n) is 2.22. The van der Waals surface area contributed by atoms with Crippen molar-refractivity contribution in [2.75, 3.05) is 26.3 Å². The molecule has 0 spiro atoms. The fourth-order valence-electron chi connectivity index (χ4n) is 1.60. The maximum Gasteiger partial charge on any atom is 0.146 e. The molecule has 0 aromatic carbocycles. The van der Waals surface area contributed by atoms with Crippen molar-refractivity contribution < 1.29 is 9.53 Å². The highest BCUT2D eigenvalue weighted by atomic mass is 16.5. The monoisotopic (exact) mass is 141 g/mol. The molecule has 56 valence electrons. The van der Waals surface area contributed by atoms with Crippen molar-refractivity contribution in [3.8, 4) is 0 Å². The summed E-state index contributed by atoms with van der Waals surface area (Å²) in [5.41, 5.74) is 0. The van der Waals surface area contributed by atoms with Crippen LogP contribution in [0.25, 0.3) is 0 Å². The Morgan fingerprint density at radius 2 is 1.90 bits per heavy atom. The number of ether oxygens (including phenoxy) is 1. The molecule has 2 fully saturated rings. The molecular weight excluding hydrogens is 130 g/mol.